The Kier molecular flexibility index (Phi) is 3.22. The van der Waals surface area contributed by atoms with E-state index in [0.717, 1.165) is 18.4 Å². The van der Waals surface area contributed by atoms with Gasteiger partial charge >= 0.3 is 0 Å². The fourth-order valence-electron chi connectivity index (χ4n) is 2.25. The number of aryl methyl sites for hydroxylation is 1. The molecule has 0 radical (unpaired) electrons. The van der Waals surface area contributed by atoms with Crippen LogP contribution < -0.4 is 4.31 Å². The van der Waals surface area contributed by atoms with Crippen molar-refractivity contribution in [1.82, 2.24) is 4.98 Å². The minimum absolute atomic E-state index is 0.0366. The lowest BCUT2D eigenvalue weighted by molar-refractivity contribution is 0.589. The van der Waals surface area contributed by atoms with Gasteiger partial charge in [0.05, 0.1) is 4.90 Å². The van der Waals surface area contributed by atoms with E-state index in [0.29, 0.717) is 10.7 Å². The standard InChI is InChI=1S/C15H16N2O2S/c1-12-6-2-3-7-14(12)20(18,19)17(13-9-10-13)15-8-4-5-11-16-15/h2-8,11,13H,9-10H2,1H3. The number of hydrogen-bond acceptors (Lipinski definition) is 3. The monoisotopic (exact) mass is 288 g/mol. The van der Waals surface area contributed by atoms with Gasteiger partial charge in [-0.1, -0.05) is 24.3 Å². The van der Waals surface area contributed by atoms with Gasteiger partial charge in [0.1, 0.15) is 5.82 Å². The number of sulfonamides is 1. The Morgan fingerprint density at radius 3 is 2.40 bits per heavy atom. The molecule has 1 aliphatic rings. The van der Waals surface area contributed by atoms with E-state index in [1.807, 2.05) is 25.1 Å². The van der Waals surface area contributed by atoms with Crippen LogP contribution in [-0.4, -0.2) is 19.4 Å². The number of hydrogen-bond donors (Lipinski definition) is 0. The second kappa shape index (κ2) is 4.90. The van der Waals surface area contributed by atoms with E-state index in [1.165, 1.54) is 4.31 Å². The number of aromatic nitrogens is 1. The van der Waals surface area contributed by atoms with Gasteiger partial charge < -0.3 is 0 Å². The van der Waals surface area contributed by atoms with E-state index in [-0.39, 0.29) is 6.04 Å². The molecule has 0 aliphatic heterocycles. The van der Waals surface area contributed by atoms with Gasteiger partial charge in [-0.3, -0.25) is 0 Å². The van der Waals surface area contributed by atoms with Gasteiger partial charge in [0.2, 0.25) is 0 Å². The first kappa shape index (κ1) is 13.1. The zero-order valence-electron chi connectivity index (χ0n) is 11.2. The van der Waals surface area contributed by atoms with Crippen LogP contribution >= 0.6 is 0 Å². The van der Waals surface area contributed by atoms with Crippen molar-refractivity contribution in [3.05, 3.63) is 54.2 Å². The van der Waals surface area contributed by atoms with Gasteiger partial charge in [0.15, 0.2) is 0 Å². The van der Waals surface area contributed by atoms with Gasteiger partial charge in [-0.25, -0.2) is 17.7 Å². The highest BCUT2D eigenvalue weighted by Gasteiger charge is 2.39. The molecule has 0 unspecified atom stereocenters. The van der Waals surface area contributed by atoms with E-state index >= 15 is 0 Å². The van der Waals surface area contributed by atoms with Crippen molar-refractivity contribution >= 4 is 15.8 Å². The minimum Gasteiger partial charge on any atom is -0.247 e. The Balaban J connectivity index is 2.10. The molecule has 1 saturated carbocycles. The maximum atomic E-state index is 12.9. The number of pyridine rings is 1. The van der Waals surface area contributed by atoms with Crippen molar-refractivity contribution in [3.63, 3.8) is 0 Å². The number of anilines is 1. The molecule has 1 aromatic carbocycles. The zero-order valence-corrected chi connectivity index (χ0v) is 12.0. The average molecular weight is 288 g/mol. The van der Waals surface area contributed by atoms with E-state index in [1.54, 1.807) is 30.5 Å². The SMILES string of the molecule is Cc1ccccc1S(=O)(=O)N(c1ccccn1)C1CC1. The molecule has 5 heteroatoms. The van der Waals surface area contributed by atoms with Crippen molar-refractivity contribution in [2.75, 3.05) is 4.31 Å². The lowest BCUT2D eigenvalue weighted by atomic mass is 10.2. The van der Waals surface area contributed by atoms with Gasteiger partial charge in [-0.15, -0.1) is 0 Å². The lowest BCUT2D eigenvalue weighted by Crippen LogP contribution is -2.34. The molecule has 0 bridgehead atoms. The van der Waals surface area contributed by atoms with E-state index in [4.69, 9.17) is 0 Å². The van der Waals surface area contributed by atoms with Crippen molar-refractivity contribution in [3.8, 4) is 0 Å². The molecule has 4 nitrogen and oxygen atoms in total. The molecule has 0 amide bonds. The summed E-state index contributed by atoms with van der Waals surface area (Å²) in [5, 5.41) is 0. The molecular formula is C15H16N2O2S. The Hall–Kier alpha value is -1.88. The molecular weight excluding hydrogens is 272 g/mol. The largest absolute Gasteiger partial charge is 0.266 e. The fourth-order valence-corrected chi connectivity index (χ4v) is 4.15. The van der Waals surface area contributed by atoms with Crippen LogP contribution in [0.25, 0.3) is 0 Å². The van der Waals surface area contributed by atoms with Crippen molar-refractivity contribution in [1.29, 1.82) is 0 Å². The summed E-state index contributed by atoms with van der Waals surface area (Å²) in [6.45, 7) is 1.82. The summed E-state index contributed by atoms with van der Waals surface area (Å²) < 4.78 is 27.3. The highest BCUT2D eigenvalue weighted by Crippen LogP contribution is 2.36. The van der Waals surface area contributed by atoms with E-state index in [9.17, 15) is 8.42 Å². The fraction of sp³-hybridized carbons (Fsp3) is 0.267. The van der Waals surface area contributed by atoms with Crippen LogP contribution in [0.4, 0.5) is 5.82 Å². The molecule has 1 aliphatic carbocycles. The maximum absolute atomic E-state index is 12.9. The van der Waals surface area contributed by atoms with Crippen LogP contribution in [-0.2, 0) is 10.0 Å². The third kappa shape index (κ3) is 2.29. The summed E-state index contributed by atoms with van der Waals surface area (Å²) in [6.07, 6.45) is 3.40. The number of nitrogens with zero attached hydrogens (tertiary/aromatic N) is 2. The Bertz CT molecular complexity index is 710. The van der Waals surface area contributed by atoms with E-state index in [2.05, 4.69) is 4.98 Å². The molecule has 1 aromatic heterocycles. The van der Waals surface area contributed by atoms with Crippen LogP contribution in [0.5, 0.6) is 0 Å². The molecule has 3 rings (SSSR count). The molecule has 0 N–H and O–H groups in total. The van der Waals surface area contributed by atoms with Gasteiger partial charge in [-0.2, -0.15) is 0 Å². The molecule has 1 fully saturated rings. The first-order valence-corrected chi connectivity index (χ1v) is 8.06. The van der Waals surface area contributed by atoms with Crippen LogP contribution in [0.15, 0.2) is 53.6 Å². The van der Waals surface area contributed by atoms with Crippen LogP contribution in [0.2, 0.25) is 0 Å². The third-order valence-electron chi connectivity index (χ3n) is 3.38. The van der Waals surface area contributed by atoms with Crippen molar-refractivity contribution < 1.29 is 8.42 Å². The third-order valence-corrected chi connectivity index (χ3v) is 5.40. The molecule has 1 heterocycles. The van der Waals surface area contributed by atoms with Crippen LogP contribution in [0.1, 0.15) is 18.4 Å². The Morgan fingerprint density at radius 2 is 1.80 bits per heavy atom. The lowest BCUT2D eigenvalue weighted by Gasteiger charge is -2.23. The maximum Gasteiger partial charge on any atom is 0.266 e. The minimum atomic E-state index is -3.55. The first-order valence-electron chi connectivity index (χ1n) is 6.62. The van der Waals surface area contributed by atoms with Crippen molar-refractivity contribution in [2.24, 2.45) is 0 Å². The molecule has 20 heavy (non-hydrogen) atoms. The van der Waals surface area contributed by atoms with Crippen molar-refractivity contribution in [2.45, 2.75) is 30.7 Å². The first-order chi connectivity index (χ1) is 9.60. The van der Waals surface area contributed by atoms with E-state index < -0.39 is 10.0 Å². The Morgan fingerprint density at radius 1 is 1.10 bits per heavy atom. The van der Waals surface area contributed by atoms with Crippen LogP contribution in [0, 0.1) is 6.92 Å². The highest BCUT2D eigenvalue weighted by atomic mass is 32.2. The summed E-state index contributed by atoms with van der Waals surface area (Å²) in [7, 11) is -3.55. The second-order valence-electron chi connectivity index (χ2n) is 4.99. The quantitative estimate of drug-likeness (QED) is 0.869. The number of benzene rings is 1. The second-order valence-corrected chi connectivity index (χ2v) is 6.77. The predicted molar refractivity (Wildman–Crippen MR) is 78.1 cm³/mol. The molecule has 2 aromatic rings. The predicted octanol–water partition coefficient (Wildman–Crippen LogP) is 2.75. The van der Waals surface area contributed by atoms with Crippen LogP contribution in [0.3, 0.4) is 0 Å². The molecule has 104 valence electrons. The highest BCUT2D eigenvalue weighted by molar-refractivity contribution is 7.93. The zero-order chi connectivity index (χ0) is 14.2. The smallest absolute Gasteiger partial charge is 0.247 e. The Labute approximate surface area is 119 Å². The van der Waals surface area contributed by atoms with Gasteiger partial charge in [0.25, 0.3) is 10.0 Å². The topological polar surface area (TPSA) is 50.3 Å². The molecule has 0 saturated heterocycles. The molecule has 0 atom stereocenters. The summed E-state index contributed by atoms with van der Waals surface area (Å²) in [5.74, 6) is 0.498. The summed E-state index contributed by atoms with van der Waals surface area (Å²) >= 11 is 0. The van der Waals surface area contributed by atoms with Gasteiger partial charge in [-0.05, 0) is 43.5 Å². The van der Waals surface area contributed by atoms with Gasteiger partial charge in [0, 0.05) is 12.2 Å². The number of rotatable bonds is 4. The normalized spacial score (nSPS) is 15.1. The average Bonchev–Trinajstić information content (AvgIpc) is 3.25. The summed E-state index contributed by atoms with van der Waals surface area (Å²) in [5.41, 5.74) is 0.758. The summed E-state index contributed by atoms with van der Waals surface area (Å²) in [6, 6.07) is 12.4. The summed E-state index contributed by atoms with van der Waals surface area (Å²) in [4.78, 5) is 4.57. The molecule has 0 spiro atoms.